The summed E-state index contributed by atoms with van der Waals surface area (Å²) in [5.74, 6) is 0.612. The van der Waals surface area contributed by atoms with Crippen LogP contribution in [0, 0.1) is 0 Å². The number of para-hydroxylation sites is 1. The van der Waals surface area contributed by atoms with Gasteiger partial charge in [-0.2, -0.15) is 0 Å². The summed E-state index contributed by atoms with van der Waals surface area (Å²) >= 11 is 0. The van der Waals surface area contributed by atoms with Crippen molar-refractivity contribution in [1.29, 1.82) is 0 Å². The van der Waals surface area contributed by atoms with Gasteiger partial charge in [-0.05, 0) is 83.2 Å². The third-order valence-corrected chi connectivity index (χ3v) is 9.79. The van der Waals surface area contributed by atoms with Gasteiger partial charge in [0.2, 0.25) is 5.89 Å². The summed E-state index contributed by atoms with van der Waals surface area (Å²) in [6.45, 7) is 0. The number of nitrogens with zero attached hydrogens (tertiary/aromatic N) is 3. The highest BCUT2D eigenvalue weighted by atomic mass is 16.3. The Morgan fingerprint density at radius 1 is 0.490 bits per heavy atom. The maximum atomic E-state index is 6.25. The van der Waals surface area contributed by atoms with Crippen LogP contribution in [0.5, 0.6) is 0 Å². The van der Waals surface area contributed by atoms with E-state index < -0.39 is 0 Å². The fourth-order valence-corrected chi connectivity index (χ4v) is 7.46. The molecule has 0 saturated heterocycles. The van der Waals surface area contributed by atoms with Gasteiger partial charge >= 0.3 is 0 Å². The maximum absolute atomic E-state index is 6.25. The van der Waals surface area contributed by atoms with Gasteiger partial charge in [0, 0.05) is 38.8 Å². The van der Waals surface area contributed by atoms with Gasteiger partial charge in [0.15, 0.2) is 5.58 Å². The van der Waals surface area contributed by atoms with Crippen LogP contribution >= 0.6 is 0 Å². The summed E-state index contributed by atoms with van der Waals surface area (Å²) in [6, 6.07) is 66.3. The predicted molar refractivity (Wildman–Crippen MR) is 211 cm³/mol. The first kappa shape index (κ1) is 29.0. The highest BCUT2D eigenvalue weighted by molar-refractivity contribution is 6.22. The van der Waals surface area contributed by atoms with Crippen molar-refractivity contribution >= 4 is 60.7 Å². The van der Waals surface area contributed by atoms with Crippen molar-refractivity contribution < 1.29 is 4.42 Å². The molecule has 10 rings (SSSR count). The van der Waals surface area contributed by atoms with E-state index in [2.05, 4.69) is 161 Å². The molecule has 0 spiro atoms. The molecular weight excluding hydrogens is 623 g/mol. The quantitative estimate of drug-likeness (QED) is 0.179. The van der Waals surface area contributed by atoms with E-state index in [4.69, 9.17) is 9.40 Å². The van der Waals surface area contributed by atoms with Gasteiger partial charge in [0.1, 0.15) is 5.52 Å². The van der Waals surface area contributed by atoms with Crippen LogP contribution in [0.4, 0.5) is 17.1 Å². The maximum Gasteiger partial charge on any atom is 0.227 e. The second-order valence-corrected chi connectivity index (χ2v) is 12.8. The Balaban J connectivity index is 1.24. The molecule has 0 fully saturated rings. The number of hydrogen-bond acceptors (Lipinski definition) is 3. The number of hydrogen-bond donors (Lipinski definition) is 0. The summed E-state index contributed by atoms with van der Waals surface area (Å²) in [5.41, 5.74) is 11.5. The molecule has 0 N–H and O–H groups in total. The Morgan fingerprint density at radius 3 is 1.94 bits per heavy atom. The first-order chi connectivity index (χ1) is 25.3. The van der Waals surface area contributed by atoms with Crippen LogP contribution in [0.15, 0.2) is 192 Å². The third kappa shape index (κ3) is 4.88. The average Bonchev–Trinajstić information content (AvgIpc) is 3.79. The smallest absolute Gasteiger partial charge is 0.227 e. The molecule has 51 heavy (non-hydrogen) atoms. The summed E-state index contributed by atoms with van der Waals surface area (Å²) in [6.07, 6.45) is 0. The molecule has 8 aromatic carbocycles. The monoisotopic (exact) mass is 653 g/mol. The molecule has 0 amide bonds. The van der Waals surface area contributed by atoms with E-state index in [0.717, 1.165) is 44.9 Å². The molecule has 0 aliphatic rings. The van der Waals surface area contributed by atoms with Gasteiger partial charge in [0.05, 0.1) is 16.7 Å². The highest BCUT2D eigenvalue weighted by Crippen LogP contribution is 2.46. The summed E-state index contributed by atoms with van der Waals surface area (Å²) in [4.78, 5) is 7.32. The van der Waals surface area contributed by atoms with Crippen molar-refractivity contribution in [3.05, 3.63) is 188 Å². The van der Waals surface area contributed by atoms with E-state index in [1.165, 1.54) is 38.2 Å². The van der Waals surface area contributed by atoms with E-state index in [1.54, 1.807) is 0 Å². The Morgan fingerprint density at radius 2 is 1.16 bits per heavy atom. The average molecular weight is 654 g/mol. The standard InChI is InChI=1S/C47H31N3O/c1-4-13-32(14-5-1)33-23-26-37(27-24-33)49(38-28-30-44-41(31-38)48-47(51-44)35-16-6-2-7-17-35)42-21-12-22-43-45(42)40-29-25-34-15-10-11-20-39(34)46(40)50(43)36-18-8-3-9-19-36/h1-31H. The lowest BCUT2D eigenvalue weighted by Crippen LogP contribution is -2.10. The lowest BCUT2D eigenvalue weighted by Gasteiger charge is -2.26. The SMILES string of the molecule is c1ccc(-c2ccc(N(c3ccc4oc(-c5ccccc5)nc4c3)c3cccc4c3c3ccc5ccccc5c3n4-c3ccccc3)cc2)cc1. The molecule has 0 unspecified atom stereocenters. The molecule has 4 nitrogen and oxygen atoms in total. The molecule has 0 aliphatic carbocycles. The number of rotatable bonds is 6. The van der Waals surface area contributed by atoms with Crippen LogP contribution in [-0.2, 0) is 0 Å². The summed E-state index contributed by atoms with van der Waals surface area (Å²) < 4.78 is 8.67. The van der Waals surface area contributed by atoms with Crippen molar-refractivity contribution in [2.45, 2.75) is 0 Å². The van der Waals surface area contributed by atoms with Gasteiger partial charge in [-0.3, -0.25) is 0 Å². The fourth-order valence-electron chi connectivity index (χ4n) is 7.46. The summed E-state index contributed by atoms with van der Waals surface area (Å²) in [7, 11) is 0. The number of fused-ring (bicyclic) bond motifs is 6. The Hall–Kier alpha value is -6.91. The summed E-state index contributed by atoms with van der Waals surface area (Å²) in [5, 5.41) is 4.81. The number of benzene rings is 8. The third-order valence-electron chi connectivity index (χ3n) is 9.79. The van der Waals surface area contributed by atoms with Gasteiger partial charge in [-0.15, -0.1) is 0 Å². The molecule has 4 heteroatoms. The van der Waals surface area contributed by atoms with Crippen LogP contribution in [0.25, 0.3) is 71.9 Å². The Labute approximate surface area is 295 Å². The van der Waals surface area contributed by atoms with E-state index in [0.29, 0.717) is 5.89 Å². The molecule has 2 heterocycles. The number of anilines is 3. The number of oxazole rings is 1. The predicted octanol–water partition coefficient (Wildman–Crippen LogP) is 12.9. The van der Waals surface area contributed by atoms with E-state index >= 15 is 0 Å². The zero-order valence-corrected chi connectivity index (χ0v) is 27.6. The second kappa shape index (κ2) is 11.9. The van der Waals surface area contributed by atoms with Gasteiger partial charge in [-0.25, -0.2) is 4.98 Å². The van der Waals surface area contributed by atoms with E-state index in [9.17, 15) is 0 Å². The van der Waals surface area contributed by atoms with Crippen LogP contribution in [0.3, 0.4) is 0 Å². The molecule has 0 aliphatic heterocycles. The first-order valence-electron chi connectivity index (χ1n) is 17.2. The van der Waals surface area contributed by atoms with Crippen LogP contribution in [0.1, 0.15) is 0 Å². The van der Waals surface area contributed by atoms with Crippen molar-refractivity contribution in [3.8, 4) is 28.3 Å². The largest absolute Gasteiger partial charge is 0.436 e. The van der Waals surface area contributed by atoms with Crippen LogP contribution in [0.2, 0.25) is 0 Å². The minimum Gasteiger partial charge on any atom is -0.436 e. The van der Waals surface area contributed by atoms with Gasteiger partial charge < -0.3 is 13.9 Å². The Bertz CT molecular complexity index is 2840. The lowest BCUT2D eigenvalue weighted by molar-refractivity contribution is 0.620. The Kier molecular flexibility index (Phi) is 6.78. The molecule has 0 radical (unpaired) electrons. The minimum atomic E-state index is 0.612. The minimum absolute atomic E-state index is 0.612. The molecular formula is C47H31N3O. The molecule has 10 aromatic rings. The molecule has 0 saturated carbocycles. The van der Waals surface area contributed by atoms with Crippen molar-refractivity contribution in [3.63, 3.8) is 0 Å². The normalized spacial score (nSPS) is 11.5. The molecule has 0 atom stereocenters. The van der Waals surface area contributed by atoms with E-state index in [-0.39, 0.29) is 0 Å². The number of aromatic nitrogens is 2. The van der Waals surface area contributed by atoms with Crippen LogP contribution < -0.4 is 4.90 Å². The topological polar surface area (TPSA) is 34.2 Å². The zero-order chi connectivity index (χ0) is 33.7. The lowest BCUT2D eigenvalue weighted by atomic mass is 10.0. The van der Waals surface area contributed by atoms with Gasteiger partial charge in [0.25, 0.3) is 0 Å². The second-order valence-electron chi connectivity index (χ2n) is 12.8. The van der Waals surface area contributed by atoms with Gasteiger partial charge in [-0.1, -0.05) is 121 Å². The fraction of sp³-hybridized carbons (Fsp3) is 0. The van der Waals surface area contributed by atoms with Crippen molar-refractivity contribution in [1.82, 2.24) is 9.55 Å². The van der Waals surface area contributed by atoms with E-state index in [1.807, 2.05) is 36.4 Å². The first-order valence-corrected chi connectivity index (χ1v) is 17.2. The molecule has 2 aromatic heterocycles. The van der Waals surface area contributed by atoms with Crippen molar-refractivity contribution in [2.24, 2.45) is 0 Å². The molecule has 0 bridgehead atoms. The highest BCUT2D eigenvalue weighted by Gasteiger charge is 2.23. The molecule has 240 valence electrons. The van der Waals surface area contributed by atoms with Crippen molar-refractivity contribution in [2.75, 3.05) is 4.90 Å². The van der Waals surface area contributed by atoms with Crippen LogP contribution in [-0.4, -0.2) is 9.55 Å². The zero-order valence-electron chi connectivity index (χ0n) is 27.6.